The molecule has 24 heavy (non-hydrogen) atoms. The first kappa shape index (κ1) is 17.5. The van der Waals surface area contributed by atoms with Gasteiger partial charge in [-0.2, -0.15) is 5.26 Å². The number of hydrogen-bond acceptors (Lipinski definition) is 4. The molecule has 0 radical (unpaired) electrons. The molecule has 1 aromatic carbocycles. The number of carbonyl (C=O) groups excluding carboxylic acids is 1. The van der Waals surface area contributed by atoms with E-state index in [1.165, 1.54) is 0 Å². The van der Waals surface area contributed by atoms with Crippen LogP contribution in [0.1, 0.15) is 29.3 Å². The van der Waals surface area contributed by atoms with Crippen molar-refractivity contribution in [3.8, 4) is 11.9 Å². The number of likely N-dealkylation sites (N-methyl/N-ethyl adjacent to an activating group) is 1. The number of ether oxygens (including phenoxy) is 1. The zero-order valence-corrected chi connectivity index (χ0v) is 14.5. The van der Waals surface area contributed by atoms with Crippen molar-refractivity contribution in [2.24, 2.45) is 0 Å². The molecule has 0 aliphatic rings. The smallest absolute Gasteiger partial charge is 0.264 e. The van der Waals surface area contributed by atoms with Crippen molar-refractivity contribution in [3.05, 3.63) is 52.7 Å². The topological polar surface area (TPSA) is 66.2 Å². The normalized spacial score (nSPS) is 10.1. The molecule has 1 heterocycles. The van der Waals surface area contributed by atoms with Crippen LogP contribution in [0.2, 0.25) is 0 Å². The highest BCUT2D eigenvalue weighted by Crippen LogP contribution is 2.21. The predicted molar refractivity (Wildman–Crippen MR) is 93.1 cm³/mol. The largest absolute Gasteiger partial charge is 0.467 e. The lowest BCUT2D eigenvalue weighted by Gasteiger charge is -2.21. The van der Waals surface area contributed by atoms with Gasteiger partial charge in [0.15, 0.2) is 6.61 Å². The van der Waals surface area contributed by atoms with Crippen LogP contribution in [-0.4, -0.2) is 24.0 Å². The second-order valence-electron chi connectivity index (χ2n) is 5.64. The number of aromatic nitrogens is 1. The zero-order chi connectivity index (χ0) is 17.7. The Balaban J connectivity index is 2.17. The van der Waals surface area contributed by atoms with Crippen molar-refractivity contribution >= 4 is 11.6 Å². The van der Waals surface area contributed by atoms with Crippen LogP contribution in [0.5, 0.6) is 5.88 Å². The van der Waals surface area contributed by atoms with Crippen LogP contribution in [-0.2, 0) is 4.79 Å². The van der Waals surface area contributed by atoms with Gasteiger partial charge in [0, 0.05) is 17.9 Å². The van der Waals surface area contributed by atoms with Gasteiger partial charge in [-0.1, -0.05) is 12.1 Å². The Kier molecular flexibility index (Phi) is 5.54. The number of amides is 1. The lowest BCUT2D eigenvalue weighted by Crippen LogP contribution is -2.35. The summed E-state index contributed by atoms with van der Waals surface area (Å²) in [4.78, 5) is 18.4. The molecule has 0 spiro atoms. The van der Waals surface area contributed by atoms with Gasteiger partial charge in [-0.3, -0.25) is 4.79 Å². The minimum absolute atomic E-state index is 0.160. The highest BCUT2D eigenvalue weighted by atomic mass is 16.5. The Morgan fingerprint density at radius 3 is 2.67 bits per heavy atom. The summed E-state index contributed by atoms with van der Waals surface area (Å²) in [6.45, 7) is 7.93. The maximum Gasteiger partial charge on any atom is 0.264 e. The molecule has 0 aliphatic carbocycles. The Labute approximate surface area is 142 Å². The maximum atomic E-state index is 12.5. The number of nitriles is 1. The van der Waals surface area contributed by atoms with Crippen molar-refractivity contribution in [2.75, 3.05) is 18.1 Å². The van der Waals surface area contributed by atoms with Crippen molar-refractivity contribution < 1.29 is 9.53 Å². The fourth-order valence-corrected chi connectivity index (χ4v) is 2.55. The lowest BCUT2D eigenvalue weighted by molar-refractivity contribution is -0.120. The summed E-state index contributed by atoms with van der Waals surface area (Å²) in [5, 5.41) is 9.25. The van der Waals surface area contributed by atoms with Crippen LogP contribution >= 0.6 is 0 Å². The number of hydrogen-bond donors (Lipinski definition) is 0. The summed E-state index contributed by atoms with van der Waals surface area (Å²) in [5.74, 6) is 0.0385. The van der Waals surface area contributed by atoms with Crippen LogP contribution in [0.25, 0.3) is 0 Å². The monoisotopic (exact) mass is 323 g/mol. The van der Waals surface area contributed by atoms with E-state index in [0.717, 1.165) is 22.5 Å². The van der Waals surface area contributed by atoms with Crippen LogP contribution in [0.15, 0.2) is 30.3 Å². The van der Waals surface area contributed by atoms with Gasteiger partial charge >= 0.3 is 0 Å². The van der Waals surface area contributed by atoms with Gasteiger partial charge in [-0.15, -0.1) is 0 Å². The highest BCUT2D eigenvalue weighted by Gasteiger charge is 2.17. The molecule has 0 aliphatic heterocycles. The zero-order valence-electron chi connectivity index (χ0n) is 14.5. The minimum Gasteiger partial charge on any atom is -0.467 e. The molecule has 0 unspecified atom stereocenters. The van der Waals surface area contributed by atoms with E-state index in [-0.39, 0.29) is 18.4 Å². The Hall–Kier alpha value is -2.87. The molecule has 0 fully saturated rings. The van der Waals surface area contributed by atoms with E-state index in [1.807, 2.05) is 58.0 Å². The fraction of sp³-hybridized carbons (Fsp3) is 0.316. The molecule has 2 rings (SSSR count). The fourth-order valence-electron chi connectivity index (χ4n) is 2.55. The van der Waals surface area contributed by atoms with Gasteiger partial charge in [0.1, 0.15) is 11.6 Å². The average Bonchev–Trinajstić information content (AvgIpc) is 2.53. The van der Waals surface area contributed by atoms with Crippen molar-refractivity contribution in [3.63, 3.8) is 0 Å². The maximum absolute atomic E-state index is 12.5. The summed E-state index contributed by atoms with van der Waals surface area (Å²) in [6, 6.07) is 11.7. The molecule has 1 amide bonds. The highest BCUT2D eigenvalue weighted by molar-refractivity contribution is 5.94. The summed E-state index contributed by atoms with van der Waals surface area (Å²) in [7, 11) is 0. The number of carbonyl (C=O) groups is 1. The van der Waals surface area contributed by atoms with Crippen LogP contribution in [0.3, 0.4) is 0 Å². The lowest BCUT2D eigenvalue weighted by atomic mass is 10.1. The second-order valence-corrected chi connectivity index (χ2v) is 5.64. The van der Waals surface area contributed by atoms with Gasteiger partial charge in [0.05, 0.1) is 0 Å². The summed E-state index contributed by atoms with van der Waals surface area (Å²) in [5.41, 5.74) is 3.83. The minimum atomic E-state index is -0.173. The molecule has 0 atom stereocenters. The third kappa shape index (κ3) is 3.90. The van der Waals surface area contributed by atoms with Crippen molar-refractivity contribution in [2.45, 2.75) is 27.7 Å². The number of pyridine rings is 1. The molecule has 2 aromatic rings. The molecule has 0 N–H and O–H groups in total. The number of nitrogens with zero attached hydrogens (tertiary/aromatic N) is 3. The molecular formula is C19H21N3O2. The molecular weight excluding hydrogens is 302 g/mol. The SMILES string of the molecule is CCN(C(=O)COc1nc(C)cc(C)c1C#N)c1cccc(C)c1. The van der Waals surface area contributed by atoms with E-state index in [2.05, 4.69) is 11.1 Å². The summed E-state index contributed by atoms with van der Waals surface area (Å²) in [6.07, 6.45) is 0. The van der Waals surface area contributed by atoms with Gasteiger partial charge < -0.3 is 9.64 Å². The summed E-state index contributed by atoms with van der Waals surface area (Å²) < 4.78 is 5.56. The van der Waals surface area contributed by atoms with E-state index >= 15 is 0 Å². The van der Waals surface area contributed by atoms with Crippen molar-refractivity contribution in [1.29, 1.82) is 5.26 Å². The van der Waals surface area contributed by atoms with Gasteiger partial charge in [0.25, 0.3) is 5.91 Å². The predicted octanol–water partition coefficient (Wildman–Crippen LogP) is 3.31. The number of rotatable bonds is 5. The molecule has 1 aromatic heterocycles. The molecule has 0 saturated heterocycles. The molecule has 5 nitrogen and oxygen atoms in total. The molecule has 0 bridgehead atoms. The van der Waals surface area contributed by atoms with Crippen LogP contribution in [0, 0.1) is 32.1 Å². The van der Waals surface area contributed by atoms with E-state index in [4.69, 9.17) is 4.74 Å². The summed E-state index contributed by atoms with van der Waals surface area (Å²) >= 11 is 0. The van der Waals surface area contributed by atoms with Crippen LogP contribution in [0.4, 0.5) is 5.69 Å². The van der Waals surface area contributed by atoms with Gasteiger partial charge in [0.2, 0.25) is 5.88 Å². The van der Waals surface area contributed by atoms with E-state index in [0.29, 0.717) is 12.1 Å². The Bertz CT molecular complexity index is 794. The number of anilines is 1. The average molecular weight is 323 g/mol. The third-order valence-electron chi connectivity index (χ3n) is 3.69. The molecule has 5 heteroatoms. The quantitative estimate of drug-likeness (QED) is 0.846. The van der Waals surface area contributed by atoms with E-state index in [9.17, 15) is 10.1 Å². The third-order valence-corrected chi connectivity index (χ3v) is 3.69. The standard InChI is InChI=1S/C19H21N3O2/c1-5-22(16-8-6-7-13(2)9-16)18(23)12-24-19-17(11-20)14(3)10-15(4)21-19/h6-10H,5,12H2,1-4H3. The molecule has 0 saturated carbocycles. The first-order valence-electron chi connectivity index (χ1n) is 7.84. The van der Waals surface area contributed by atoms with E-state index in [1.54, 1.807) is 4.90 Å². The van der Waals surface area contributed by atoms with Crippen LogP contribution < -0.4 is 9.64 Å². The Morgan fingerprint density at radius 2 is 2.04 bits per heavy atom. The first-order chi connectivity index (χ1) is 11.5. The molecule has 124 valence electrons. The number of benzene rings is 1. The second kappa shape index (κ2) is 7.60. The number of aryl methyl sites for hydroxylation is 3. The first-order valence-corrected chi connectivity index (χ1v) is 7.84. The van der Waals surface area contributed by atoms with Gasteiger partial charge in [-0.05, 0) is 57.0 Å². The van der Waals surface area contributed by atoms with Crippen molar-refractivity contribution in [1.82, 2.24) is 4.98 Å². The van der Waals surface area contributed by atoms with E-state index < -0.39 is 0 Å². The van der Waals surface area contributed by atoms with Gasteiger partial charge in [-0.25, -0.2) is 4.98 Å². The Morgan fingerprint density at radius 1 is 1.29 bits per heavy atom.